The molecule has 3 aromatic rings. The Morgan fingerprint density at radius 2 is 1.50 bits per heavy atom. The lowest BCUT2D eigenvalue weighted by atomic mass is 9.87. The zero-order valence-electron chi connectivity index (χ0n) is 20.9. The van der Waals surface area contributed by atoms with Crippen molar-refractivity contribution in [1.82, 2.24) is 5.32 Å². The van der Waals surface area contributed by atoms with Crippen LogP contribution in [0.3, 0.4) is 0 Å². The molecular formula is C28H26ClF3N2O4. The molecular weight excluding hydrogens is 521 g/mol. The lowest BCUT2D eigenvalue weighted by molar-refractivity contribution is -0.153. The molecule has 0 radical (unpaired) electrons. The van der Waals surface area contributed by atoms with Gasteiger partial charge in [-0.1, -0.05) is 74.8 Å². The van der Waals surface area contributed by atoms with Gasteiger partial charge in [-0.3, -0.25) is 14.4 Å². The Balaban J connectivity index is 1.71. The highest BCUT2D eigenvalue weighted by atomic mass is 35.5. The Hall–Kier alpha value is -3.85. The first-order valence-corrected chi connectivity index (χ1v) is 11.9. The van der Waals surface area contributed by atoms with E-state index < -0.39 is 42.2 Å². The van der Waals surface area contributed by atoms with Gasteiger partial charge in [0.15, 0.2) is 0 Å². The quantitative estimate of drug-likeness (QED) is 0.340. The van der Waals surface area contributed by atoms with E-state index in [1.807, 2.05) is 32.9 Å². The third-order valence-corrected chi connectivity index (χ3v) is 5.88. The Morgan fingerprint density at radius 3 is 2.08 bits per heavy atom. The molecule has 0 saturated heterocycles. The molecule has 200 valence electrons. The molecule has 0 aromatic heterocycles. The zero-order chi connectivity index (χ0) is 28.1. The van der Waals surface area contributed by atoms with E-state index in [9.17, 15) is 27.6 Å². The van der Waals surface area contributed by atoms with E-state index in [2.05, 4.69) is 10.6 Å². The van der Waals surface area contributed by atoms with Gasteiger partial charge < -0.3 is 15.4 Å². The standard InChI is InChI=1S/C28H26ClF3N2O4/c1-27(2,3)19-11-9-18(10-12-19)25(36)33-16-23(35)38-24(17-7-5-4-6-8-17)26(37)34-22-15-20(28(30,31)32)13-14-21(22)29/h4-15,24H,16H2,1-3H3,(H,33,36)(H,34,37). The molecule has 6 nitrogen and oxygen atoms in total. The second-order valence-electron chi connectivity index (χ2n) is 9.47. The Labute approximate surface area is 223 Å². The third kappa shape index (κ3) is 7.58. The van der Waals surface area contributed by atoms with Crippen LogP contribution in [0, 0.1) is 0 Å². The molecule has 2 N–H and O–H groups in total. The number of ether oxygens (including phenoxy) is 1. The number of hydrogen-bond donors (Lipinski definition) is 2. The first-order valence-electron chi connectivity index (χ1n) is 11.6. The summed E-state index contributed by atoms with van der Waals surface area (Å²) in [5.74, 6) is -2.36. The normalized spacial score (nSPS) is 12.4. The van der Waals surface area contributed by atoms with Crippen LogP contribution in [-0.4, -0.2) is 24.3 Å². The smallest absolute Gasteiger partial charge is 0.416 e. The van der Waals surface area contributed by atoms with Crippen molar-refractivity contribution in [2.75, 3.05) is 11.9 Å². The molecule has 0 saturated carbocycles. The average molecular weight is 547 g/mol. The minimum atomic E-state index is -4.65. The average Bonchev–Trinajstić information content (AvgIpc) is 2.86. The van der Waals surface area contributed by atoms with Gasteiger partial charge >= 0.3 is 12.1 Å². The molecule has 1 atom stereocenters. The Kier molecular flexibility index (Phi) is 8.83. The minimum Gasteiger partial charge on any atom is -0.446 e. The third-order valence-electron chi connectivity index (χ3n) is 5.55. The second-order valence-corrected chi connectivity index (χ2v) is 9.88. The van der Waals surface area contributed by atoms with E-state index >= 15 is 0 Å². The maximum absolute atomic E-state index is 13.1. The second kappa shape index (κ2) is 11.7. The summed E-state index contributed by atoms with van der Waals surface area (Å²) in [6.45, 7) is 5.58. The fourth-order valence-corrected chi connectivity index (χ4v) is 3.61. The molecule has 0 aliphatic rings. The van der Waals surface area contributed by atoms with Crippen molar-refractivity contribution in [1.29, 1.82) is 0 Å². The Bertz CT molecular complexity index is 1300. The van der Waals surface area contributed by atoms with Crippen LogP contribution in [0.1, 0.15) is 53.9 Å². The number of carbonyl (C=O) groups excluding carboxylic acids is 3. The molecule has 0 heterocycles. The molecule has 0 aliphatic heterocycles. The summed E-state index contributed by atoms with van der Waals surface area (Å²) in [5.41, 5.74) is 0.238. The number of rotatable bonds is 7. The molecule has 0 aliphatic carbocycles. The van der Waals surface area contributed by atoms with Crippen LogP contribution in [-0.2, 0) is 25.9 Å². The van der Waals surface area contributed by atoms with Crippen LogP contribution >= 0.6 is 11.6 Å². The molecule has 0 bridgehead atoms. The largest absolute Gasteiger partial charge is 0.446 e. The van der Waals surface area contributed by atoms with Crippen molar-refractivity contribution in [3.63, 3.8) is 0 Å². The Morgan fingerprint density at radius 1 is 0.895 bits per heavy atom. The fourth-order valence-electron chi connectivity index (χ4n) is 3.45. The highest BCUT2D eigenvalue weighted by Crippen LogP contribution is 2.34. The number of benzene rings is 3. The van der Waals surface area contributed by atoms with Crippen molar-refractivity contribution < 1.29 is 32.3 Å². The summed E-state index contributed by atoms with van der Waals surface area (Å²) in [5, 5.41) is 4.61. The number of hydrogen-bond acceptors (Lipinski definition) is 4. The van der Waals surface area contributed by atoms with Crippen LogP contribution in [0.5, 0.6) is 0 Å². The zero-order valence-corrected chi connectivity index (χ0v) is 21.6. The molecule has 0 fully saturated rings. The van der Waals surface area contributed by atoms with Gasteiger partial charge in [0.1, 0.15) is 6.54 Å². The van der Waals surface area contributed by atoms with E-state index in [0.717, 1.165) is 17.7 Å². The molecule has 38 heavy (non-hydrogen) atoms. The molecule has 3 aromatic carbocycles. The predicted octanol–water partition coefficient (Wildman–Crippen LogP) is 6.31. The highest BCUT2D eigenvalue weighted by molar-refractivity contribution is 6.33. The summed E-state index contributed by atoms with van der Waals surface area (Å²) < 4.78 is 44.7. The summed E-state index contributed by atoms with van der Waals surface area (Å²) in [6.07, 6.45) is -6.17. The molecule has 3 rings (SSSR count). The first kappa shape index (κ1) is 28.7. The van der Waals surface area contributed by atoms with Gasteiger partial charge in [0.2, 0.25) is 6.10 Å². The van der Waals surface area contributed by atoms with Crippen molar-refractivity contribution in [2.24, 2.45) is 0 Å². The van der Waals surface area contributed by atoms with Crippen molar-refractivity contribution in [3.05, 3.63) is 100 Å². The number of alkyl halides is 3. The summed E-state index contributed by atoms with van der Waals surface area (Å²) in [6, 6.07) is 17.3. The SMILES string of the molecule is CC(C)(C)c1ccc(C(=O)NCC(=O)OC(C(=O)Nc2cc(C(F)(F)F)ccc2Cl)c2ccccc2)cc1. The predicted molar refractivity (Wildman–Crippen MR) is 138 cm³/mol. The monoisotopic (exact) mass is 546 g/mol. The molecule has 2 amide bonds. The van der Waals surface area contributed by atoms with Gasteiger partial charge in [0.25, 0.3) is 11.8 Å². The van der Waals surface area contributed by atoms with E-state index in [1.54, 1.807) is 30.3 Å². The van der Waals surface area contributed by atoms with Crippen LogP contribution in [0.15, 0.2) is 72.8 Å². The summed E-state index contributed by atoms with van der Waals surface area (Å²) in [4.78, 5) is 38.1. The van der Waals surface area contributed by atoms with Crippen LogP contribution in [0.4, 0.5) is 18.9 Å². The molecule has 1 unspecified atom stereocenters. The molecule has 0 spiro atoms. The number of nitrogens with one attached hydrogen (secondary N) is 2. The van der Waals surface area contributed by atoms with Crippen LogP contribution in [0.2, 0.25) is 5.02 Å². The fraction of sp³-hybridized carbons (Fsp3) is 0.250. The lowest BCUT2D eigenvalue weighted by Crippen LogP contribution is -2.33. The van der Waals surface area contributed by atoms with Crippen molar-refractivity contribution >= 4 is 35.1 Å². The minimum absolute atomic E-state index is 0.0931. The number of carbonyl (C=O) groups is 3. The first-order chi connectivity index (χ1) is 17.8. The summed E-state index contributed by atoms with van der Waals surface area (Å²) in [7, 11) is 0. The molecule has 10 heteroatoms. The van der Waals surface area contributed by atoms with Crippen molar-refractivity contribution in [3.8, 4) is 0 Å². The number of amides is 2. The maximum Gasteiger partial charge on any atom is 0.416 e. The van der Waals surface area contributed by atoms with Crippen molar-refractivity contribution in [2.45, 2.75) is 38.5 Å². The van der Waals surface area contributed by atoms with Gasteiger partial charge in [-0.05, 0) is 41.3 Å². The van der Waals surface area contributed by atoms with Gasteiger partial charge in [0, 0.05) is 11.1 Å². The van der Waals surface area contributed by atoms with E-state index in [4.69, 9.17) is 16.3 Å². The van der Waals surface area contributed by atoms with Gasteiger partial charge in [-0.15, -0.1) is 0 Å². The van der Waals surface area contributed by atoms with Gasteiger partial charge in [0.05, 0.1) is 16.3 Å². The van der Waals surface area contributed by atoms with Crippen LogP contribution in [0.25, 0.3) is 0 Å². The maximum atomic E-state index is 13.1. The number of esters is 1. The lowest BCUT2D eigenvalue weighted by Gasteiger charge is -2.20. The topological polar surface area (TPSA) is 84.5 Å². The van der Waals surface area contributed by atoms with Gasteiger partial charge in [-0.2, -0.15) is 13.2 Å². The number of anilines is 1. The highest BCUT2D eigenvalue weighted by Gasteiger charge is 2.32. The summed E-state index contributed by atoms with van der Waals surface area (Å²) >= 11 is 5.99. The van der Waals surface area contributed by atoms with E-state index in [-0.39, 0.29) is 21.7 Å². The van der Waals surface area contributed by atoms with E-state index in [0.29, 0.717) is 11.6 Å². The van der Waals surface area contributed by atoms with Crippen LogP contribution < -0.4 is 10.6 Å². The van der Waals surface area contributed by atoms with Gasteiger partial charge in [-0.25, -0.2) is 0 Å². The van der Waals surface area contributed by atoms with E-state index in [1.165, 1.54) is 12.1 Å². The number of halogens is 4.